The molecular weight excluding hydrogens is 382 g/mol. The number of para-hydroxylation sites is 1. The number of anilines is 2. The van der Waals surface area contributed by atoms with Gasteiger partial charge in [-0.05, 0) is 61.9 Å². The van der Waals surface area contributed by atoms with E-state index in [-0.39, 0.29) is 16.4 Å². The fraction of sp³-hybridized carbons (Fsp3) is 0.556. The summed E-state index contributed by atoms with van der Waals surface area (Å²) in [6, 6.07) is 17.3. The molecule has 1 aliphatic carbocycles. The highest BCUT2D eigenvalue weighted by Crippen LogP contribution is 2.72. The van der Waals surface area contributed by atoms with E-state index >= 15 is 0 Å². The zero-order valence-corrected chi connectivity index (χ0v) is 18.7. The number of ether oxygens (including phenoxy) is 1. The number of hydrogen-bond acceptors (Lipinski definition) is 4. The molecule has 0 radical (unpaired) electrons. The highest BCUT2D eigenvalue weighted by atomic mass is 16.6. The molecule has 5 aliphatic heterocycles. The minimum Gasteiger partial charge on any atom is -0.365 e. The normalized spacial score (nSPS) is 44.2. The maximum atomic E-state index is 6.38. The van der Waals surface area contributed by atoms with Crippen LogP contribution in [0.2, 0.25) is 0 Å². The molecule has 4 heteroatoms. The molecule has 0 aromatic heterocycles. The van der Waals surface area contributed by atoms with Crippen LogP contribution in [0.25, 0.3) is 0 Å². The molecule has 2 aromatic rings. The number of rotatable bonds is 1. The van der Waals surface area contributed by atoms with E-state index in [4.69, 9.17) is 4.74 Å². The third-order valence-electron chi connectivity index (χ3n) is 10.1. The van der Waals surface area contributed by atoms with Crippen LogP contribution in [-0.4, -0.2) is 42.4 Å². The zero-order chi connectivity index (χ0) is 20.8. The standard InChI is InChI=1S/C27H31N3O/c1-25(2)23(31-25)22-16-8-6-11-19-21(16)27-14-15-30(22)20-12-7-13-26(20,27)17-9-4-5-10-18(17)28-24(27)29(19)3/h4-6,8-11,20,22-24,28H,7,12-15H2,1-3H3/t20-,22-,23?,24+,26-,27-/m0/s1. The van der Waals surface area contributed by atoms with E-state index in [1.54, 1.807) is 16.7 Å². The SMILES string of the molecule is CN1c2cccc3c2[C@]24CCN([C@H]5CCC[C@]52c2ccccc2N[C@H]14)[C@@H]3C1OC1(C)C. The molecule has 2 unspecified atom stereocenters. The van der Waals surface area contributed by atoms with E-state index in [0.29, 0.717) is 24.4 Å². The molecule has 8 rings (SSSR count). The summed E-state index contributed by atoms with van der Waals surface area (Å²) >= 11 is 0. The predicted molar refractivity (Wildman–Crippen MR) is 123 cm³/mol. The number of epoxide rings is 1. The maximum Gasteiger partial charge on any atom is 0.110 e. The van der Waals surface area contributed by atoms with E-state index in [0.717, 1.165) is 0 Å². The largest absolute Gasteiger partial charge is 0.365 e. The summed E-state index contributed by atoms with van der Waals surface area (Å²) in [6.07, 6.45) is 5.78. The third kappa shape index (κ3) is 1.68. The fourth-order valence-electron chi connectivity index (χ4n) is 9.07. The Morgan fingerprint density at radius 1 is 1.03 bits per heavy atom. The molecule has 7 atom stereocenters. The van der Waals surface area contributed by atoms with Gasteiger partial charge in [0.05, 0.1) is 11.6 Å². The molecular formula is C27H31N3O. The van der Waals surface area contributed by atoms with Crippen LogP contribution in [0.5, 0.6) is 0 Å². The van der Waals surface area contributed by atoms with Gasteiger partial charge in [0.15, 0.2) is 0 Å². The molecule has 2 aromatic carbocycles. The highest BCUT2D eigenvalue weighted by Gasteiger charge is 2.75. The number of hydrogen-bond donors (Lipinski definition) is 1. The molecule has 0 amide bonds. The van der Waals surface area contributed by atoms with Gasteiger partial charge in [-0.25, -0.2) is 0 Å². The second kappa shape index (κ2) is 5.13. The van der Waals surface area contributed by atoms with Gasteiger partial charge >= 0.3 is 0 Å². The Labute approximate surface area is 184 Å². The van der Waals surface area contributed by atoms with Crippen molar-refractivity contribution in [3.05, 3.63) is 59.2 Å². The minimum atomic E-state index is -0.0233. The first-order chi connectivity index (χ1) is 15.0. The summed E-state index contributed by atoms with van der Waals surface area (Å²) in [5.74, 6) is 0. The second-order valence-corrected chi connectivity index (χ2v) is 11.4. The van der Waals surface area contributed by atoms with Crippen molar-refractivity contribution in [3.8, 4) is 0 Å². The van der Waals surface area contributed by atoms with E-state index in [9.17, 15) is 0 Å². The Hall–Kier alpha value is -2.04. The van der Waals surface area contributed by atoms with Crippen molar-refractivity contribution in [3.63, 3.8) is 0 Å². The fourth-order valence-corrected chi connectivity index (χ4v) is 9.07. The summed E-state index contributed by atoms with van der Waals surface area (Å²) in [5.41, 5.74) is 7.87. The van der Waals surface area contributed by atoms with Crippen LogP contribution in [0, 0.1) is 0 Å². The molecule has 1 saturated carbocycles. The lowest BCUT2D eigenvalue weighted by molar-refractivity contribution is -0.0111. The topological polar surface area (TPSA) is 31.0 Å². The zero-order valence-electron chi connectivity index (χ0n) is 18.7. The average Bonchev–Trinajstić information content (AvgIpc) is 3.13. The summed E-state index contributed by atoms with van der Waals surface area (Å²) in [7, 11) is 2.32. The van der Waals surface area contributed by atoms with Gasteiger partial charge in [0, 0.05) is 41.8 Å². The highest BCUT2D eigenvalue weighted by molar-refractivity contribution is 5.77. The summed E-state index contributed by atoms with van der Waals surface area (Å²) < 4.78 is 6.38. The monoisotopic (exact) mass is 413 g/mol. The summed E-state index contributed by atoms with van der Waals surface area (Å²) in [4.78, 5) is 5.48. The molecule has 1 N–H and O–H groups in total. The number of piperidine rings is 1. The van der Waals surface area contributed by atoms with Gasteiger partial charge in [0.25, 0.3) is 0 Å². The minimum absolute atomic E-state index is 0.0233. The van der Waals surface area contributed by atoms with Gasteiger partial charge in [-0.3, -0.25) is 4.90 Å². The van der Waals surface area contributed by atoms with Crippen LogP contribution in [0.3, 0.4) is 0 Å². The van der Waals surface area contributed by atoms with Crippen molar-refractivity contribution in [2.24, 2.45) is 0 Å². The van der Waals surface area contributed by atoms with Gasteiger partial charge in [-0.15, -0.1) is 0 Å². The van der Waals surface area contributed by atoms with Gasteiger partial charge in [0.1, 0.15) is 12.3 Å². The molecule has 2 spiro atoms. The summed E-state index contributed by atoms with van der Waals surface area (Å²) in [6.45, 7) is 5.73. The lowest BCUT2D eigenvalue weighted by Gasteiger charge is -2.62. The van der Waals surface area contributed by atoms with Crippen LogP contribution >= 0.6 is 0 Å². The van der Waals surface area contributed by atoms with Gasteiger partial charge in [-0.2, -0.15) is 0 Å². The first-order valence-electron chi connectivity index (χ1n) is 12.2. The van der Waals surface area contributed by atoms with E-state index in [1.807, 2.05) is 0 Å². The average molecular weight is 414 g/mol. The Morgan fingerprint density at radius 3 is 2.71 bits per heavy atom. The molecule has 2 saturated heterocycles. The molecule has 4 nitrogen and oxygen atoms in total. The number of nitrogens with one attached hydrogen (secondary N) is 1. The number of benzene rings is 2. The lowest BCUT2D eigenvalue weighted by Crippen LogP contribution is -2.70. The Bertz CT molecular complexity index is 1140. The number of likely N-dealkylation sites (N-methyl/N-ethyl adjacent to an activating group) is 1. The van der Waals surface area contributed by atoms with Crippen molar-refractivity contribution >= 4 is 11.4 Å². The van der Waals surface area contributed by atoms with E-state index in [1.165, 1.54) is 43.6 Å². The van der Waals surface area contributed by atoms with Crippen molar-refractivity contribution in [1.82, 2.24) is 4.90 Å². The lowest BCUT2D eigenvalue weighted by atomic mass is 9.49. The molecule has 160 valence electrons. The van der Waals surface area contributed by atoms with Crippen molar-refractivity contribution in [1.29, 1.82) is 0 Å². The van der Waals surface area contributed by atoms with Gasteiger partial charge in [0.2, 0.25) is 0 Å². The molecule has 3 fully saturated rings. The molecule has 5 heterocycles. The Balaban J connectivity index is 1.51. The van der Waals surface area contributed by atoms with E-state index in [2.05, 4.69) is 78.5 Å². The number of nitrogens with zero attached hydrogens (tertiary/aromatic N) is 2. The van der Waals surface area contributed by atoms with Gasteiger partial charge in [-0.1, -0.05) is 36.8 Å². The van der Waals surface area contributed by atoms with Crippen LogP contribution < -0.4 is 10.2 Å². The first kappa shape index (κ1) is 17.5. The smallest absolute Gasteiger partial charge is 0.110 e. The first-order valence-corrected chi connectivity index (χ1v) is 12.2. The molecule has 2 bridgehead atoms. The van der Waals surface area contributed by atoms with Crippen molar-refractivity contribution < 1.29 is 4.74 Å². The van der Waals surface area contributed by atoms with Crippen molar-refractivity contribution in [2.45, 2.75) is 80.3 Å². The molecule has 6 aliphatic rings. The molecule has 31 heavy (non-hydrogen) atoms. The Morgan fingerprint density at radius 2 is 1.87 bits per heavy atom. The van der Waals surface area contributed by atoms with Crippen molar-refractivity contribution in [2.75, 3.05) is 23.8 Å². The van der Waals surface area contributed by atoms with Crippen LogP contribution in [0.1, 0.15) is 62.3 Å². The van der Waals surface area contributed by atoms with Crippen LogP contribution in [-0.2, 0) is 15.6 Å². The Kier molecular flexibility index (Phi) is 2.90. The van der Waals surface area contributed by atoms with Crippen LogP contribution in [0.4, 0.5) is 11.4 Å². The predicted octanol–water partition coefficient (Wildman–Crippen LogP) is 4.55. The number of fused-ring (bicyclic) bond motifs is 1. The third-order valence-corrected chi connectivity index (χ3v) is 10.1. The quantitative estimate of drug-likeness (QED) is 0.695. The van der Waals surface area contributed by atoms with E-state index < -0.39 is 0 Å². The second-order valence-electron chi connectivity index (χ2n) is 11.4. The maximum absolute atomic E-state index is 6.38. The van der Waals surface area contributed by atoms with Gasteiger partial charge < -0.3 is 15.0 Å². The van der Waals surface area contributed by atoms with Crippen LogP contribution in [0.15, 0.2) is 42.5 Å². The summed E-state index contributed by atoms with van der Waals surface area (Å²) in [5, 5.41) is 4.05.